The number of carbonyl (C=O) groups excluding carboxylic acids is 1. The van der Waals surface area contributed by atoms with Crippen molar-refractivity contribution in [1.29, 1.82) is 5.26 Å². The molecule has 0 radical (unpaired) electrons. The van der Waals surface area contributed by atoms with Crippen molar-refractivity contribution in [2.24, 2.45) is 0 Å². The van der Waals surface area contributed by atoms with Crippen LogP contribution < -0.4 is 5.56 Å². The number of nitriles is 1. The number of hydrogen-bond acceptors (Lipinski definition) is 13. The Kier molecular flexibility index (Phi) is 9.88. The highest BCUT2D eigenvalue weighted by Crippen LogP contribution is 2.49. The highest BCUT2D eigenvalue weighted by Gasteiger charge is 2.42. The third kappa shape index (κ3) is 6.23. The third-order valence-electron chi connectivity index (χ3n) is 5.48. The first-order valence-electron chi connectivity index (χ1n) is 11.9. The summed E-state index contributed by atoms with van der Waals surface area (Å²) in [6.45, 7) is 9.42. The minimum Gasteiger partial charge on any atom is -0.461 e. The molecule has 0 saturated carbocycles. The first-order valence-corrected chi connectivity index (χ1v) is 13.0. The van der Waals surface area contributed by atoms with Gasteiger partial charge in [0.2, 0.25) is 5.69 Å². The largest absolute Gasteiger partial charge is 0.461 e. The Hall–Kier alpha value is -2.73. The van der Waals surface area contributed by atoms with Crippen LogP contribution in [0.4, 0.5) is 0 Å². The lowest BCUT2D eigenvalue weighted by Gasteiger charge is -2.37. The Bertz CT molecular complexity index is 1170. The lowest BCUT2D eigenvalue weighted by Crippen LogP contribution is -2.36. The van der Waals surface area contributed by atoms with Crippen LogP contribution in [0.5, 0.6) is 0 Å². The van der Waals surface area contributed by atoms with Crippen molar-refractivity contribution in [3.8, 4) is 6.07 Å². The molecular formula is C21H32N7O8P. The number of rotatable bonds is 12. The minimum absolute atomic E-state index is 0.0632. The molecule has 37 heavy (non-hydrogen) atoms. The molecule has 204 valence electrons. The Labute approximate surface area is 214 Å². The molecule has 0 spiro atoms. The van der Waals surface area contributed by atoms with Crippen LogP contribution in [0.3, 0.4) is 0 Å². The molecule has 1 saturated heterocycles. The lowest BCUT2D eigenvalue weighted by molar-refractivity contribution is -0.0489. The molecule has 1 aliphatic rings. The van der Waals surface area contributed by atoms with Crippen LogP contribution in [0.1, 0.15) is 64.2 Å². The van der Waals surface area contributed by atoms with Gasteiger partial charge in [-0.2, -0.15) is 9.94 Å². The van der Waals surface area contributed by atoms with Crippen molar-refractivity contribution in [1.82, 2.24) is 29.6 Å². The summed E-state index contributed by atoms with van der Waals surface area (Å²) in [4.78, 5) is 25.5. The molecular weight excluding hydrogens is 509 g/mol. The molecule has 3 rings (SSSR count). The van der Waals surface area contributed by atoms with E-state index in [9.17, 15) is 19.9 Å². The van der Waals surface area contributed by atoms with Crippen molar-refractivity contribution < 1.29 is 33.6 Å². The zero-order chi connectivity index (χ0) is 27.3. The van der Waals surface area contributed by atoms with Crippen LogP contribution in [-0.2, 0) is 18.5 Å². The molecule has 2 N–H and O–H groups in total. The van der Waals surface area contributed by atoms with Gasteiger partial charge in [0.1, 0.15) is 6.10 Å². The van der Waals surface area contributed by atoms with Crippen LogP contribution in [-0.4, -0.2) is 90.0 Å². The second kappa shape index (κ2) is 12.7. The average molecular weight is 542 g/mol. The van der Waals surface area contributed by atoms with Crippen LogP contribution in [0, 0.1) is 11.3 Å². The lowest BCUT2D eigenvalue weighted by atomic mass is 10.2. The van der Waals surface area contributed by atoms with E-state index < -0.39 is 45.1 Å². The molecule has 0 aromatic carbocycles. The number of aliphatic hydroxyl groups excluding tert-OH is 1. The SMILES string of the molecule is CCOC(=O)c1nn(O)c2c(=O)n(C3CC(OP(OCCC#N)N(C(C)C)C(C)C)C(CO)O3)nnc12. The number of aromatic nitrogens is 5. The number of carbonyl (C=O) groups is 1. The fourth-order valence-corrected chi connectivity index (χ4v) is 5.74. The van der Waals surface area contributed by atoms with Gasteiger partial charge in [-0.3, -0.25) is 4.79 Å². The second-order valence-corrected chi connectivity index (χ2v) is 10.1. The predicted molar refractivity (Wildman–Crippen MR) is 128 cm³/mol. The van der Waals surface area contributed by atoms with E-state index in [0.717, 1.165) is 4.68 Å². The molecule has 2 aromatic heterocycles. The standard InChI is InChI=1S/C21H32N7O8P/c1-6-33-21(31)18-17-19(28(32)24-18)20(30)26(25-23-17)16-10-14(15(11-29)35-16)36-37(34-9-7-8-22)27(12(2)3)13(4)5/h12-16,29,32H,6-7,9-11H2,1-5H3. The number of esters is 1. The van der Waals surface area contributed by atoms with Crippen molar-refractivity contribution >= 4 is 25.5 Å². The maximum atomic E-state index is 13.2. The summed E-state index contributed by atoms with van der Waals surface area (Å²) in [5.41, 5.74) is -1.75. The molecule has 15 nitrogen and oxygen atoms in total. The molecule has 1 fully saturated rings. The Morgan fingerprint density at radius 2 is 2.05 bits per heavy atom. The molecule has 4 atom stereocenters. The topological polar surface area (TPSA) is 187 Å². The van der Waals surface area contributed by atoms with Crippen molar-refractivity contribution in [3.63, 3.8) is 0 Å². The van der Waals surface area contributed by atoms with E-state index in [-0.39, 0.29) is 59.7 Å². The first-order chi connectivity index (χ1) is 17.6. The predicted octanol–water partition coefficient (Wildman–Crippen LogP) is 1.34. The van der Waals surface area contributed by atoms with Crippen LogP contribution in [0.2, 0.25) is 0 Å². The van der Waals surface area contributed by atoms with E-state index >= 15 is 0 Å². The monoisotopic (exact) mass is 541 g/mol. The Morgan fingerprint density at radius 3 is 2.65 bits per heavy atom. The smallest absolute Gasteiger partial charge is 0.361 e. The number of hydrogen-bond donors (Lipinski definition) is 2. The number of aliphatic hydroxyl groups is 1. The summed E-state index contributed by atoms with van der Waals surface area (Å²) in [6.07, 6.45) is -2.18. The Balaban J connectivity index is 1.89. The second-order valence-electron chi connectivity index (χ2n) is 8.73. The van der Waals surface area contributed by atoms with E-state index in [1.54, 1.807) is 6.92 Å². The maximum Gasteiger partial charge on any atom is 0.361 e. The Morgan fingerprint density at radius 1 is 1.35 bits per heavy atom. The molecule has 0 bridgehead atoms. The molecule has 16 heteroatoms. The van der Waals surface area contributed by atoms with E-state index in [1.165, 1.54) is 0 Å². The molecule has 4 unspecified atom stereocenters. The highest BCUT2D eigenvalue weighted by molar-refractivity contribution is 7.44. The van der Waals surface area contributed by atoms with Crippen molar-refractivity contribution in [3.05, 3.63) is 16.0 Å². The van der Waals surface area contributed by atoms with E-state index in [1.807, 2.05) is 38.4 Å². The fraction of sp³-hybridized carbons (Fsp3) is 0.714. The minimum atomic E-state index is -1.63. The molecule has 0 aliphatic carbocycles. The summed E-state index contributed by atoms with van der Waals surface area (Å²) in [5, 5.41) is 40.5. The number of ether oxygens (including phenoxy) is 2. The first kappa shape index (κ1) is 28.8. The van der Waals surface area contributed by atoms with Gasteiger partial charge in [0.15, 0.2) is 17.3 Å². The van der Waals surface area contributed by atoms with Gasteiger partial charge < -0.3 is 28.8 Å². The van der Waals surface area contributed by atoms with Gasteiger partial charge in [-0.15, -0.1) is 10.2 Å². The summed E-state index contributed by atoms with van der Waals surface area (Å²) < 4.78 is 25.9. The summed E-state index contributed by atoms with van der Waals surface area (Å²) in [5.74, 6) is -0.859. The van der Waals surface area contributed by atoms with Crippen LogP contribution >= 0.6 is 8.53 Å². The molecule has 2 aromatic rings. The van der Waals surface area contributed by atoms with Crippen molar-refractivity contribution in [2.75, 3.05) is 19.8 Å². The number of nitrogens with zero attached hydrogens (tertiary/aromatic N) is 7. The van der Waals surface area contributed by atoms with Gasteiger partial charge in [0.25, 0.3) is 8.53 Å². The van der Waals surface area contributed by atoms with Gasteiger partial charge >= 0.3 is 11.5 Å². The normalized spacial score (nSPS) is 20.7. The van der Waals surface area contributed by atoms with Gasteiger partial charge in [-0.1, -0.05) is 10.1 Å². The zero-order valence-corrected chi connectivity index (χ0v) is 22.2. The summed E-state index contributed by atoms with van der Waals surface area (Å²) in [6, 6.07) is 2.17. The van der Waals surface area contributed by atoms with Gasteiger partial charge in [-0.25, -0.2) is 9.46 Å². The fourth-order valence-electron chi connectivity index (χ4n) is 3.98. The molecule has 3 heterocycles. The third-order valence-corrected chi connectivity index (χ3v) is 7.64. The molecule has 0 amide bonds. The summed E-state index contributed by atoms with van der Waals surface area (Å²) >= 11 is 0. The van der Waals surface area contributed by atoms with Gasteiger partial charge in [0.05, 0.1) is 38.4 Å². The number of fused-ring (bicyclic) bond motifs is 1. The highest BCUT2D eigenvalue weighted by atomic mass is 31.2. The van der Waals surface area contributed by atoms with E-state index in [4.69, 9.17) is 23.8 Å². The van der Waals surface area contributed by atoms with Crippen LogP contribution in [0.25, 0.3) is 11.0 Å². The van der Waals surface area contributed by atoms with Crippen LogP contribution in [0.15, 0.2) is 4.79 Å². The van der Waals surface area contributed by atoms with E-state index in [2.05, 4.69) is 15.4 Å². The quantitative estimate of drug-likeness (QED) is 0.170. The van der Waals surface area contributed by atoms with Gasteiger partial charge in [0, 0.05) is 18.5 Å². The van der Waals surface area contributed by atoms with Crippen molar-refractivity contribution in [2.45, 2.75) is 78.0 Å². The summed E-state index contributed by atoms with van der Waals surface area (Å²) in [7, 11) is -1.63. The maximum absolute atomic E-state index is 13.2. The van der Waals surface area contributed by atoms with Gasteiger partial charge in [-0.05, 0) is 34.6 Å². The average Bonchev–Trinajstić information content (AvgIpc) is 3.40. The van der Waals surface area contributed by atoms with E-state index in [0.29, 0.717) is 0 Å². The zero-order valence-electron chi connectivity index (χ0n) is 21.3. The molecule has 1 aliphatic heterocycles.